The molecule has 0 heterocycles. The third-order valence-electron chi connectivity index (χ3n) is 2.86. The minimum absolute atomic E-state index is 0.221. The van der Waals surface area contributed by atoms with Gasteiger partial charge in [-0.3, -0.25) is 10.2 Å². The Morgan fingerprint density at radius 3 is 2.21 bits per heavy atom. The van der Waals surface area contributed by atoms with E-state index in [0.29, 0.717) is 4.47 Å². The predicted octanol–water partition coefficient (Wildman–Crippen LogP) is 0.720. The molecule has 0 saturated heterocycles. The maximum Gasteiger partial charge on any atom is 0.267 e. The van der Waals surface area contributed by atoms with Gasteiger partial charge in [-0.2, -0.15) is 0 Å². The molecule has 0 bridgehead atoms. The third-order valence-corrected chi connectivity index (χ3v) is 5.71. The molecule has 0 radical (unpaired) electrons. The molecule has 0 atom stereocenters. The van der Waals surface area contributed by atoms with Crippen LogP contribution in [0.2, 0.25) is 0 Å². The van der Waals surface area contributed by atoms with Gasteiger partial charge in [0.2, 0.25) is 10.0 Å². The molecule has 11 heteroatoms. The van der Waals surface area contributed by atoms with E-state index < -0.39 is 26.0 Å². The van der Waals surface area contributed by atoms with Crippen LogP contribution < -0.4 is 15.4 Å². The molecular weight excluding hydrogens is 422 g/mol. The van der Waals surface area contributed by atoms with Gasteiger partial charge in [-0.05, 0) is 46.3 Å². The van der Waals surface area contributed by atoms with Gasteiger partial charge >= 0.3 is 0 Å². The lowest BCUT2D eigenvalue weighted by molar-refractivity contribution is 0.0944. The van der Waals surface area contributed by atoms with Crippen LogP contribution >= 0.6 is 15.9 Å². The Morgan fingerprint density at radius 1 is 0.958 bits per heavy atom. The molecule has 1 amide bonds. The smallest absolute Gasteiger partial charge is 0.267 e. The topological polar surface area (TPSA) is 135 Å². The van der Waals surface area contributed by atoms with Gasteiger partial charge in [0.05, 0.1) is 15.4 Å². The number of hydrazine groups is 1. The lowest BCUT2D eigenvalue weighted by Crippen LogP contribution is -2.41. The molecule has 2 rings (SSSR count). The van der Waals surface area contributed by atoms with Crippen molar-refractivity contribution in [2.45, 2.75) is 9.79 Å². The first kappa shape index (κ1) is 18.5. The number of carbonyl (C=O) groups is 1. The number of carbonyl (C=O) groups excluding carboxylic acids is 1. The Hall–Kier alpha value is -1.79. The number of primary sulfonamides is 1. The number of hydrogen-bond donors (Lipinski definition) is 3. The zero-order valence-corrected chi connectivity index (χ0v) is 15.2. The summed E-state index contributed by atoms with van der Waals surface area (Å²) in [5, 5.41) is 4.97. The van der Waals surface area contributed by atoms with E-state index in [4.69, 9.17) is 5.14 Å². The molecule has 8 nitrogen and oxygen atoms in total. The van der Waals surface area contributed by atoms with E-state index in [1.54, 1.807) is 18.2 Å². The van der Waals surface area contributed by atoms with Crippen molar-refractivity contribution < 1.29 is 21.6 Å². The van der Waals surface area contributed by atoms with Gasteiger partial charge in [-0.15, -0.1) is 4.83 Å². The van der Waals surface area contributed by atoms with Gasteiger partial charge in [-0.25, -0.2) is 22.0 Å². The largest absolute Gasteiger partial charge is 0.273 e. The lowest BCUT2D eigenvalue weighted by Gasteiger charge is -2.10. The van der Waals surface area contributed by atoms with Crippen molar-refractivity contribution in [3.63, 3.8) is 0 Å². The molecule has 0 aliphatic heterocycles. The maximum absolute atomic E-state index is 12.2. The van der Waals surface area contributed by atoms with Gasteiger partial charge < -0.3 is 0 Å². The number of halogens is 1. The normalized spacial score (nSPS) is 11.9. The average molecular weight is 434 g/mol. The predicted molar refractivity (Wildman–Crippen MR) is 89.7 cm³/mol. The number of amides is 1. The highest BCUT2D eigenvalue weighted by molar-refractivity contribution is 9.10. The van der Waals surface area contributed by atoms with Crippen LogP contribution in [-0.2, 0) is 20.0 Å². The Bertz CT molecular complexity index is 990. The van der Waals surface area contributed by atoms with Crippen molar-refractivity contribution in [3.05, 3.63) is 58.6 Å². The highest BCUT2D eigenvalue weighted by atomic mass is 79.9. The Balaban J connectivity index is 2.21. The SMILES string of the molecule is NS(=O)(=O)c1cccc(S(=O)(=O)NNC(=O)c2ccccc2Br)c1. The highest BCUT2D eigenvalue weighted by Crippen LogP contribution is 2.16. The Morgan fingerprint density at radius 2 is 1.58 bits per heavy atom. The standard InChI is InChI=1S/C13H12BrN3O5S2/c14-12-7-2-1-6-11(12)13(18)16-17-24(21,22)10-5-3-4-9(8-10)23(15,19)20/h1-8,17H,(H,16,18)(H2,15,19,20). The summed E-state index contributed by atoms with van der Waals surface area (Å²) in [6.45, 7) is 0. The molecular formula is C13H12BrN3O5S2. The minimum atomic E-state index is -4.18. The number of benzene rings is 2. The molecule has 0 aliphatic rings. The summed E-state index contributed by atoms with van der Waals surface area (Å²) in [5.41, 5.74) is 2.27. The molecule has 0 fully saturated rings. The summed E-state index contributed by atoms with van der Waals surface area (Å²) in [5.74, 6) is -0.686. The molecule has 4 N–H and O–H groups in total. The fourth-order valence-corrected chi connectivity index (χ4v) is 3.69. The van der Waals surface area contributed by atoms with E-state index in [-0.39, 0.29) is 15.4 Å². The molecule has 0 aromatic heterocycles. The first-order valence-corrected chi connectivity index (χ1v) is 10.1. The minimum Gasteiger partial charge on any atom is -0.273 e. The summed E-state index contributed by atoms with van der Waals surface area (Å²) in [7, 11) is -8.23. The quantitative estimate of drug-likeness (QED) is 0.596. The van der Waals surface area contributed by atoms with Crippen LogP contribution in [0.5, 0.6) is 0 Å². The summed E-state index contributed by atoms with van der Waals surface area (Å²) < 4.78 is 47.4. The molecule has 0 spiro atoms. The van der Waals surface area contributed by atoms with Crippen LogP contribution in [0.1, 0.15) is 10.4 Å². The second kappa shape index (κ2) is 6.99. The van der Waals surface area contributed by atoms with Gasteiger partial charge in [0.15, 0.2) is 0 Å². The van der Waals surface area contributed by atoms with Crippen molar-refractivity contribution in [1.82, 2.24) is 10.3 Å². The Kier molecular flexibility index (Phi) is 5.40. The third kappa shape index (κ3) is 4.39. The summed E-state index contributed by atoms with van der Waals surface area (Å²) in [6, 6.07) is 10.9. The van der Waals surface area contributed by atoms with E-state index in [2.05, 4.69) is 15.9 Å². The second-order valence-electron chi connectivity index (χ2n) is 4.56. The fourth-order valence-electron chi connectivity index (χ4n) is 1.70. The van der Waals surface area contributed by atoms with E-state index in [1.165, 1.54) is 18.2 Å². The van der Waals surface area contributed by atoms with Gasteiger partial charge in [0.1, 0.15) is 0 Å². The van der Waals surface area contributed by atoms with Crippen molar-refractivity contribution in [3.8, 4) is 0 Å². The maximum atomic E-state index is 12.2. The van der Waals surface area contributed by atoms with E-state index >= 15 is 0 Å². The monoisotopic (exact) mass is 433 g/mol. The van der Waals surface area contributed by atoms with Crippen molar-refractivity contribution in [2.24, 2.45) is 5.14 Å². The number of nitrogens with two attached hydrogens (primary N) is 1. The molecule has 0 unspecified atom stereocenters. The molecule has 2 aromatic carbocycles. The molecule has 0 saturated carbocycles. The van der Waals surface area contributed by atoms with Gasteiger partial charge in [0, 0.05) is 4.47 Å². The van der Waals surface area contributed by atoms with Crippen LogP contribution in [-0.4, -0.2) is 22.7 Å². The first-order chi connectivity index (χ1) is 11.1. The summed E-state index contributed by atoms with van der Waals surface area (Å²) in [4.78, 5) is 13.2. The van der Waals surface area contributed by atoms with Gasteiger partial charge in [0.25, 0.3) is 15.9 Å². The van der Waals surface area contributed by atoms with Crippen LogP contribution in [0.4, 0.5) is 0 Å². The van der Waals surface area contributed by atoms with Crippen molar-refractivity contribution in [1.29, 1.82) is 0 Å². The van der Waals surface area contributed by atoms with Crippen molar-refractivity contribution >= 4 is 41.9 Å². The van der Waals surface area contributed by atoms with Gasteiger partial charge in [-0.1, -0.05) is 18.2 Å². The zero-order valence-electron chi connectivity index (χ0n) is 11.9. The lowest BCUT2D eigenvalue weighted by atomic mass is 10.2. The molecule has 24 heavy (non-hydrogen) atoms. The van der Waals surface area contributed by atoms with Crippen LogP contribution in [0, 0.1) is 0 Å². The summed E-state index contributed by atoms with van der Waals surface area (Å²) in [6.07, 6.45) is 0. The second-order valence-corrected chi connectivity index (χ2v) is 8.66. The number of rotatable bonds is 5. The van der Waals surface area contributed by atoms with Crippen molar-refractivity contribution in [2.75, 3.05) is 0 Å². The summed E-state index contributed by atoms with van der Waals surface area (Å²) >= 11 is 3.17. The first-order valence-electron chi connectivity index (χ1n) is 6.31. The van der Waals surface area contributed by atoms with Crippen LogP contribution in [0.25, 0.3) is 0 Å². The average Bonchev–Trinajstić information content (AvgIpc) is 2.52. The molecule has 0 aliphatic carbocycles. The van der Waals surface area contributed by atoms with E-state index in [1.807, 2.05) is 10.3 Å². The molecule has 2 aromatic rings. The van der Waals surface area contributed by atoms with Crippen LogP contribution in [0.3, 0.4) is 0 Å². The van der Waals surface area contributed by atoms with E-state index in [9.17, 15) is 21.6 Å². The fraction of sp³-hybridized carbons (Fsp3) is 0. The highest BCUT2D eigenvalue weighted by Gasteiger charge is 2.19. The van der Waals surface area contributed by atoms with Crippen LogP contribution in [0.15, 0.2) is 62.8 Å². The zero-order chi connectivity index (χ0) is 18.0. The number of sulfonamides is 2. The molecule has 128 valence electrons. The number of hydrogen-bond acceptors (Lipinski definition) is 5. The van der Waals surface area contributed by atoms with E-state index in [0.717, 1.165) is 12.1 Å². The Labute approximate surface area is 147 Å². The number of nitrogens with one attached hydrogen (secondary N) is 2.